The Morgan fingerprint density at radius 2 is 1.96 bits per heavy atom. The summed E-state index contributed by atoms with van der Waals surface area (Å²) in [6, 6.07) is 10.5. The van der Waals surface area contributed by atoms with E-state index in [-0.39, 0.29) is 30.5 Å². The van der Waals surface area contributed by atoms with Gasteiger partial charge in [-0.1, -0.05) is 18.2 Å². The van der Waals surface area contributed by atoms with E-state index in [1.165, 1.54) is 16.1 Å². The maximum absolute atomic E-state index is 12.3. The number of pyridine rings is 1. The van der Waals surface area contributed by atoms with Gasteiger partial charge < -0.3 is 10.6 Å². The number of nitrogens with zero attached hydrogens (tertiary/aromatic N) is 3. The molecule has 3 rings (SSSR count). The van der Waals surface area contributed by atoms with Crippen molar-refractivity contribution < 1.29 is 9.59 Å². The molecule has 134 valence electrons. The minimum atomic E-state index is -0.301. The summed E-state index contributed by atoms with van der Waals surface area (Å²) >= 11 is 0. The number of anilines is 1. The average molecular weight is 353 g/mol. The van der Waals surface area contributed by atoms with Crippen LogP contribution in [0.2, 0.25) is 0 Å². The van der Waals surface area contributed by atoms with Crippen LogP contribution in [0.1, 0.15) is 22.3 Å². The number of fused-ring (bicyclic) bond motifs is 1. The summed E-state index contributed by atoms with van der Waals surface area (Å²) in [5.41, 5.74) is 1.86. The molecule has 0 aliphatic carbocycles. The van der Waals surface area contributed by atoms with Crippen molar-refractivity contribution in [2.45, 2.75) is 19.9 Å². The molecule has 8 nitrogen and oxygen atoms in total. The number of amides is 2. The molecule has 0 spiro atoms. The molecule has 2 N–H and O–H groups in total. The third kappa shape index (κ3) is 3.34. The number of aryl methyl sites for hydroxylation is 2. The van der Waals surface area contributed by atoms with Gasteiger partial charge >= 0.3 is 5.69 Å². The summed E-state index contributed by atoms with van der Waals surface area (Å²) in [7, 11) is 1.54. The van der Waals surface area contributed by atoms with Gasteiger partial charge in [0.05, 0.1) is 17.8 Å². The summed E-state index contributed by atoms with van der Waals surface area (Å²) in [4.78, 5) is 36.5. The van der Waals surface area contributed by atoms with E-state index < -0.39 is 0 Å². The Kier molecular flexibility index (Phi) is 4.83. The molecule has 0 fully saturated rings. The molecule has 1 aromatic carbocycles. The van der Waals surface area contributed by atoms with Crippen molar-refractivity contribution in [3.8, 4) is 0 Å². The first-order valence-electron chi connectivity index (χ1n) is 8.17. The van der Waals surface area contributed by atoms with Crippen LogP contribution in [0.4, 0.5) is 5.69 Å². The van der Waals surface area contributed by atoms with E-state index in [1.807, 2.05) is 0 Å². The maximum atomic E-state index is 12.3. The Labute approximate surface area is 149 Å². The van der Waals surface area contributed by atoms with Crippen LogP contribution < -0.4 is 16.3 Å². The van der Waals surface area contributed by atoms with E-state index in [1.54, 1.807) is 49.5 Å². The molecule has 2 heterocycles. The van der Waals surface area contributed by atoms with E-state index in [2.05, 4.69) is 15.7 Å². The number of aromatic nitrogens is 3. The maximum Gasteiger partial charge on any atom is 0.350 e. The Balaban J connectivity index is 1.74. The number of nitrogens with one attached hydrogen (secondary N) is 2. The van der Waals surface area contributed by atoms with Crippen molar-refractivity contribution >= 4 is 23.1 Å². The molecule has 0 unspecified atom stereocenters. The van der Waals surface area contributed by atoms with Gasteiger partial charge in [-0.2, -0.15) is 0 Å². The van der Waals surface area contributed by atoms with Gasteiger partial charge in [0.15, 0.2) is 5.65 Å². The van der Waals surface area contributed by atoms with Gasteiger partial charge in [0.25, 0.3) is 5.91 Å². The second kappa shape index (κ2) is 7.22. The van der Waals surface area contributed by atoms with E-state index in [0.717, 1.165) is 5.56 Å². The normalized spacial score (nSPS) is 10.7. The molecule has 2 amide bonds. The second-order valence-electron chi connectivity index (χ2n) is 5.81. The Bertz CT molecular complexity index is 1030. The molecule has 2 aromatic heterocycles. The molecular weight excluding hydrogens is 334 g/mol. The number of hydrogen-bond acceptors (Lipinski definition) is 4. The molecule has 0 atom stereocenters. The lowest BCUT2D eigenvalue weighted by molar-refractivity contribution is -0.116. The first-order chi connectivity index (χ1) is 12.5. The van der Waals surface area contributed by atoms with Crippen molar-refractivity contribution in [2.24, 2.45) is 0 Å². The molecule has 0 radical (unpaired) electrons. The fraction of sp³-hybridized carbons (Fsp3) is 0.222. The topological polar surface area (TPSA) is 97.5 Å². The number of carbonyl (C=O) groups excluding carboxylic acids is 2. The lowest BCUT2D eigenvalue weighted by Crippen LogP contribution is -2.25. The van der Waals surface area contributed by atoms with Crippen LogP contribution in [0.25, 0.3) is 5.65 Å². The van der Waals surface area contributed by atoms with E-state index in [0.29, 0.717) is 16.9 Å². The highest BCUT2D eigenvalue weighted by Crippen LogP contribution is 2.19. The highest BCUT2D eigenvalue weighted by atomic mass is 16.2. The molecule has 0 aliphatic rings. The fourth-order valence-electron chi connectivity index (χ4n) is 2.73. The Hall–Kier alpha value is -3.42. The average Bonchev–Trinajstić information content (AvgIpc) is 2.96. The van der Waals surface area contributed by atoms with Gasteiger partial charge in [-0.15, -0.1) is 5.10 Å². The van der Waals surface area contributed by atoms with Crippen molar-refractivity contribution in [3.63, 3.8) is 0 Å². The van der Waals surface area contributed by atoms with E-state index >= 15 is 0 Å². The molecule has 26 heavy (non-hydrogen) atoms. The van der Waals surface area contributed by atoms with Gasteiger partial charge in [-0.25, -0.2) is 9.48 Å². The first-order valence-corrected chi connectivity index (χ1v) is 8.17. The molecule has 0 aliphatic heterocycles. The van der Waals surface area contributed by atoms with Crippen molar-refractivity contribution in [1.29, 1.82) is 0 Å². The third-order valence-electron chi connectivity index (χ3n) is 4.04. The Morgan fingerprint density at radius 1 is 1.15 bits per heavy atom. The van der Waals surface area contributed by atoms with E-state index in [9.17, 15) is 14.4 Å². The predicted octanol–water partition coefficient (Wildman–Crippen LogP) is 1.19. The fourth-order valence-corrected chi connectivity index (χ4v) is 2.73. The highest BCUT2D eigenvalue weighted by Gasteiger charge is 2.15. The lowest BCUT2D eigenvalue weighted by atomic mass is 10.1. The van der Waals surface area contributed by atoms with Crippen molar-refractivity contribution in [1.82, 2.24) is 19.5 Å². The highest BCUT2D eigenvalue weighted by molar-refractivity contribution is 6.04. The van der Waals surface area contributed by atoms with Crippen LogP contribution in [0.5, 0.6) is 0 Å². The summed E-state index contributed by atoms with van der Waals surface area (Å²) < 4.78 is 2.67. The molecule has 3 aromatic rings. The molecule has 0 bridgehead atoms. The lowest BCUT2D eigenvalue weighted by Gasteiger charge is -2.12. The van der Waals surface area contributed by atoms with Gasteiger partial charge in [0, 0.05) is 19.7 Å². The zero-order chi connectivity index (χ0) is 18.7. The number of benzene rings is 1. The molecule has 8 heteroatoms. The zero-order valence-corrected chi connectivity index (χ0v) is 14.5. The minimum Gasteiger partial charge on any atom is -0.355 e. The van der Waals surface area contributed by atoms with Crippen LogP contribution in [0, 0.1) is 6.92 Å². The van der Waals surface area contributed by atoms with Crippen molar-refractivity contribution in [2.75, 3.05) is 12.4 Å². The molecule has 0 saturated carbocycles. The Morgan fingerprint density at radius 3 is 2.69 bits per heavy atom. The van der Waals surface area contributed by atoms with Gasteiger partial charge in [0.1, 0.15) is 0 Å². The summed E-state index contributed by atoms with van der Waals surface area (Å²) in [6.45, 7) is 1.95. The largest absolute Gasteiger partial charge is 0.355 e. The zero-order valence-electron chi connectivity index (χ0n) is 14.5. The number of hydrogen-bond donors (Lipinski definition) is 2. The number of rotatable bonds is 5. The van der Waals surface area contributed by atoms with Crippen LogP contribution in [0.3, 0.4) is 0 Å². The van der Waals surface area contributed by atoms with Crippen LogP contribution in [-0.4, -0.2) is 33.0 Å². The van der Waals surface area contributed by atoms with Crippen LogP contribution in [0.15, 0.2) is 47.4 Å². The predicted molar refractivity (Wildman–Crippen MR) is 97.3 cm³/mol. The first kappa shape index (κ1) is 17.4. The number of carbonyl (C=O) groups is 2. The minimum absolute atomic E-state index is 0.0604. The smallest absolute Gasteiger partial charge is 0.350 e. The van der Waals surface area contributed by atoms with Crippen molar-refractivity contribution in [3.05, 3.63) is 64.2 Å². The summed E-state index contributed by atoms with van der Waals surface area (Å²) in [5.74, 6) is -0.570. The third-order valence-corrected chi connectivity index (χ3v) is 4.04. The monoisotopic (exact) mass is 353 g/mol. The molecular formula is C18H19N5O3. The van der Waals surface area contributed by atoms with E-state index in [4.69, 9.17) is 0 Å². The SMILES string of the molecule is CNC(=O)c1c(C)cccc1NC(=O)CCn1nc2ccccn2c1=O. The van der Waals surface area contributed by atoms with Crippen LogP contribution >= 0.6 is 0 Å². The quantitative estimate of drug-likeness (QED) is 0.720. The molecule has 0 saturated heterocycles. The van der Waals surface area contributed by atoms with Gasteiger partial charge in [-0.05, 0) is 30.7 Å². The summed E-state index contributed by atoms with van der Waals surface area (Å²) in [6.07, 6.45) is 1.69. The van der Waals surface area contributed by atoms with Gasteiger partial charge in [0.2, 0.25) is 5.91 Å². The van der Waals surface area contributed by atoms with Gasteiger partial charge in [-0.3, -0.25) is 14.0 Å². The summed E-state index contributed by atoms with van der Waals surface area (Å²) in [5, 5.41) is 9.50. The van der Waals surface area contributed by atoms with Crippen LogP contribution in [-0.2, 0) is 11.3 Å². The standard InChI is InChI=1S/C18H19N5O3/c1-12-6-5-7-13(16(12)17(25)19-2)20-15(24)9-11-23-18(26)22-10-4-3-8-14(22)21-23/h3-8,10H,9,11H2,1-2H3,(H,19,25)(H,20,24). The second-order valence-corrected chi connectivity index (χ2v) is 5.81.